The van der Waals surface area contributed by atoms with Gasteiger partial charge in [0.2, 0.25) is 0 Å². The monoisotopic (exact) mass is 438 g/mol. The number of carbonyl (C=O) groups is 3. The van der Waals surface area contributed by atoms with E-state index in [4.69, 9.17) is 9.47 Å². The van der Waals surface area contributed by atoms with Crippen molar-refractivity contribution in [2.45, 2.75) is 13.8 Å². The molecule has 0 spiro atoms. The largest absolute Gasteiger partial charge is 0.495 e. The molecule has 0 bridgehead atoms. The Morgan fingerprint density at radius 1 is 0.871 bits per heavy atom. The highest BCUT2D eigenvalue weighted by Gasteiger charge is 2.27. The molecule has 1 aromatic heterocycles. The number of hydrogen-bond acceptors (Lipinski definition) is 6. The standard InChI is InChI=1S/C23H22N2O5S/c1-13-9-5-6-10-15(13)20(26)25-22-18(23(28)30-4)14(2)19(31-22)21(27)24-16-11-7-8-12-17(16)29-3/h5-12H,1-4H3,(H,24,27)(H,25,26). The number of para-hydroxylation sites is 2. The van der Waals surface area contributed by atoms with Crippen LogP contribution in [0.1, 0.15) is 41.5 Å². The Kier molecular flexibility index (Phi) is 6.71. The maximum atomic E-state index is 13.0. The van der Waals surface area contributed by atoms with E-state index in [1.165, 1.54) is 14.2 Å². The zero-order valence-electron chi connectivity index (χ0n) is 17.6. The van der Waals surface area contributed by atoms with Crippen molar-refractivity contribution in [1.29, 1.82) is 0 Å². The van der Waals surface area contributed by atoms with Gasteiger partial charge in [0.1, 0.15) is 10.8 Å². The van der Waals surface area contributed by atoms with Crippen LogP contribution in [-0.4, -0.2) is 32.0 Å². The van der Waals surface area contributed by atoms with E-state index in [1.807, 2.05) is 19.1 Å². The maximum absolute atomic E-state index is 13.0. The van der Waals surface area contributed by atoms with Crippen LogP contribution in [0, 0.1) is 13.8 Å². The van der Waals surface area contributed by atoms with Gasteiger partial charge in [-0.25, -0.2) is 4.79 Å². The molecule has 8 heteroatoms. The predicted molar refractivity (Wildman–Crippen MR) is 120 cm³/mol. The Hall–Kier alpha value is -3.65. The Bertz CT molecular complexity index is 1150. The summed E-state index contributed by atoms with van der Waals surface area (Å²) in [5.41, 5.74) is 2.34. The fraction of sp³-hybridized carbons (Fsp3) is 0.174. The third-order valence-electron chi connectivity index (χ3n) is 4.71. The van der Waals surface area contributed by atoms with Crippen molar-refractivity contribution in [3.05, 3.63) is 75.7 Å². The van der Waals surface area contributed by atoms with Gasteiger partial charge in [-0.2, -0.15) is 0 Å². The number of anilines is 2. The van der Waals surface area contributed by atoms with Gasteiger partial charge in [0.15, 0.2) is 0 Å². The first-order valence-corrected chi connectivity index (χ1v) is 10.2. The summed E-state index contributed by atoms with van der Waals surface area (Å²) in [5.74, 6) is -0.925. The minimum Gasteiger partial charge on any atom is -0.495 e. The number of aryl methyl sites for hydroxylation is 1. The molecule has 0 atom stereocenters. The predicted octanol–water partition coefficient (Wildman–Crippen LogP) is 4.66. The van der Waals surface area contributed by atoms with Crippen molar-refractivity contribution in [2.75, 3.05) is 24.9 Å². The summed E-state index contributed by atoms with van der Waals surface area (Å²) in [7, 11) is 2.76. The first-order valence-electron chi connectivity index (χ1n) is 9.40. The van der Waals surface area contributed by atoms with Gasteiger partial charge in [0.25, 0.3) is 11.8 Å². The summed E-state index contributed by atoms with van der Waals surface area (Å²) < 4.78 is 10.1. The van der Waals surface area contributed by atoms with Gasteiger partial charge in [-0.1, -0.05) is 30.3 Å². The Balaban J connectivity index is 1.96. The molecule has 1 heterocycles. The number of rotatable bonds is 6. The maximum Gasteiger partial charge on any atom is 0.341 e. The van der Waals surface area contributed by atoms with Gasteiger partial charge in [-0.05, 0) is 43.2 Å². The molecule has 160 valence electrons. The van der Waals surface area contributed by atoms with Crippen LogP contribution in [-0.2, 0) is 4.74 Å². The van der Waals surface area contributed by atoms with E-state index in [0.717, 1.165) is 16.9 Å². The molecule has 3 aromatic rings. The number of carbonyl (C=O) groups excluding carboxylic acids is 3. The van der Waals surface area contributed by atoms with Crippen LogP contribution < -0.4 is 15.4 Å². The molecule has 7 nitrogen and oxygen atoms in total. The summed E-state index contributed by atoms with van der Waals surface area (Å²) >= 11 is 1.01. The molecular weight excluding hydrogens is 416 g/mol. The van der Waals surface area contributed by atoms with Crippen molar-refractivity contribution >= 4 is 39.8 Å². The molecule has 0 unspecified atom stereocenters. The summed E-state index contributed by atoms with van der Waals surface area (Å²) in [4.78, 5) is 38.5. The average Bonchev–Trinajstić information content (AvgIpc) is 3.09. The Morgan fingerprint density at radius 3 is 2.23 bits per heavy atom. The number of ether oxygens (including phenoxy) is 2. The van der Waals surface area contributed by atoms with E-state index >= 15 is 0 Å². The Morgan fingerprint density at radius 2 is 1.55 bits per heavy atom. The van der Waals surface area contributed by atoms with E-state index < -0.39 is 11.9 Å². The molecule has 0 fully saturated rings. The molecule has 31 heavy (non-hydrogen) atoms. The number of hydrogen-bond donors (Lipinski definition) is 2. The van der Waals surface area contributed by atoms with E-state index in [2.05, 4.69) is 10.6 Å². The van der Waals surface area contributed by atoms with Gasteiger partial charge in [0, 0.05) is 5.56 Å². The summed E-state index contributed by atoms with van der Waals surface area (Å²) in [6.45, 7) is 3.46. The molecule has 0 aliphatic rings. The van der Waals surface area contributed by atoms with Crippen LogP contribution in [0.3, 0.4) is 0 Å². The Labute approximate surface area is 184 Å². The molecule has 0 aliphatic carbocycles. The van der Waals surface area contributed by atoms with Crippen LogP contribution in [0.2, 0.25) is 0 Å². The van der Waals surface area contributed by atoms with Crippen molar-refractivity contribution in [3.63, 3.8) is 0 Å². The van der Waals surface area contributed by atoms with Gasteiger partial charge in [-0.15, -0.1) is 11.3 Å². The molecular formula is C23H22N2O5S. The number of nitrogens with one attached hydrogen (secondary N) is 2. The molecule has 0 saturated carbocycles. The zero-order chi connectivity index (χ0) is 22.5. The first-order chi connectivity index (χ1) is 14.9. The first kappa shape index (κ1) is 22.0. The van der Waals surface area contributed by atoms with E-state index in [0.29, 0.717) is 22.6 Å². The number of amides is 2. The van der Waals surface area contributed by atoms with E-state index in [1.54, 1.807) is 43.3 Å². The smallest absolute Gasteiger partial charge is 0.341 e. The fourth-order valence-electron chi connectivity index (χ4n) is 3.09. The molecule has 2 aromatic carbocycles. The second kappa shape index (κ2) is 9.44. The number of esters is 1. The van der Waals surface area contributed by atoms with Crippen molar-refractivity contribution < 1.29 is 23.9 Å². The topological polar surface area (TPSA) is 93.7 Å². The molecule has 0 radical (unpaired) electrons. The third-order valence-corrected chi connectivity index (χ3v) is 5.92. The summed E-state index contributed by atoms with van der Waals surface area (Å²) in [6.07, 6.45) is 0. The van der Waals surface area contributed by atoms with Crippen molar-refractivity contribution in [1.82, 2.24) is 0 Å². The van der Waals surface area contributed by atoms with Gasteiger partial charge >= 0.3 is 5.97 Å². The van der Waals surface area contributed by atoms with Crippen molar-refractivity contribution in [3.8, 4) is 5.75 Å². The zero-order valence-corrected chi connectivity index (χ0v) is 18.4. The van der Waals surface area contributed by atoms with Gasteiger partial charge < -0.3 is 20.1 Å². The normalized spacial score (nSPS) is 10.3. The summed E-state index contributed by atoms with van der Waals surface area (Å²) in [5, 5.41) is 5.80. The van der Waals surface area contributed by atoms with Crippen LogP contribution in [0.5, 0.6) is 5.75 Å². The van der Waals surface area contributed by atoms with Crippen LogP contribution in [0.15, 0.2) is 48.5 Å². The van der Waals surface area contributed by atoms with Crippen molar-refractivity contribution in [2.24, 2.45) is 0 Å². The quantitative estimate of drug-likeness (QED) is 0.546. The highest BCUT2D eigenvalue weighted by atomic mass is 32.1. The molecule has 2 N–H and O–H groups in total. The van der Waals surface area contributed by atoms with Gasteiger partial charge in [-0.3, -0.25) is 9.59 Å². The molecule has 2 amide bonds. The second-order valence-electron chi connectivity index (χ2n) is 6.68. The third kappa shape index (κ3) is 4.59. The van der Waals surface area contributed by atoms with Crippen LogP contribution in [0.25, 0.3) is 0 Å². The lowest BCUT2D eigenvalue weighted by Gasteiger charge is -2.09. The molecule has 0 aliphatic heterocycles. The SMILES string of the molecule is COC(=O)c1c(NC(=O)c2ccccc2C)sc(C(=O)Nc2ccccc2OC)c1C. The van der Waals surface area contributed by atoms with E-state index in [9.17, 15) is 14.4 Å². The molecule has 3 rings (SSSR count). The van der Waals surface area contributed by atoms with Crippen LogP contribution in [0.4, 0.5) is 10.7 Å². The fourth-order valence-corrected chi connectivity index (χ4v) is 4.18. The lowest BCUT2D eigenvalue weighted by atomic mass is 10.1. The van der Waals surface area contributed by atoms with Gasteiger partial charge in [0.05, 0.1) is 30.3 Å². The number of methoxy groups -OCH3 is 2. The highest BCUT2D eigenvalue weighted by Crippen LogP contribution is 2.35. The number of benzene rings is 2. The average molecular weight is 439 g/mol. The van der Waals surface area contributed by atoms with Crippen LogP contribution >= 0.6 is 11.3 Å². The summed E-state index contributed by atoms with van der Waals surface area (Å²) in [6, 6.07) is 14.1. The minimum atomic E-state index is -0.634. The minimum absolute atomic E-state index is 0.152. The van der Waals surface area contributed by atoms with E-state index in [-0.39, 0.29) is 21.3 Å². The lowest BCUT2D eigenvalue weighted by Crippen LogP contribution is -2.15. The highest BCUT2D eigenvalue weighted by molar-refractivity contribution is 7.19. The lowest BCUT2D eigenvalue weighted by molar-refractivity contribution is 0.0601. The molecule has 0 saturated heterocycles. The number of thiophene rings is 1. The second-order valence-corrected chi connectivity index (χ2v) is 7.70.